The average Bonchev–Trinajstić information content (AvgIpc) is 2.57. The molecule has 23 heavy (non-hydrogen) atoms. The first kappa shape index (κ1) is 17.1. The topological polar surface area (TPSA) is 47.6 Å². The fraction of sp³-hybridized carbons (Fsp3) is 0.278. The summed E-state index contributed by atoms with van der Waals surface area (Å²) in [5.41, 5.74) is 2.74. The molecule has 0 aromatic heterocycles. The van der Waals surface area contributed by atoms with Gasteiger partial charge in [-0.25, -0.2) is 9.18 Å². The number of methoxy groups -OCH3 is 2. The fourth-order valence-corrected chi connectivity index (χ4v) is 2.33. The molecular formula is C18H20FNO3. The number of hydrogen-bond acceptors (Lipinski definition) is 4. The molecule has 0 amide bonds. The van der Waals surface area contributed by atoms with Crippen LogP contribution >= 0.6 is 0 Å². The molecule has 2 aromatic carbocycles. The van der Waals surface area contributed by atoms with Crippen molar-refractivity contribution in [2.24, 2.45) is 0 Å². The summed E-state index contributed by atoms with van der Waals surface area (Å²) in [6.07, 6.45) is 0. The maximum absolute atomic E-state index is 13.1. The van der Waals surface area contributed by atoms with Gasteiger partial charge in [0.15, 0.2) is 0 Å². The Morgan fingerprint density at radius 3 is 2.48 bits per heavy atom. The lowest BCUT2D eigenvalue weighted by atomic mass is 10.1. The lowest BCUT2D eigenvalue weighted by Crippen LogP contribution is -2.29. The monoisotopic (exact) mass is 317 g/mol. The fourth-order valence-electron chi connectivity index (χ4n) is 2.33. The smallest absolute Gasteiger partial charge is 0.327 e. The average molecular weight is 317 g/mol. The van der Waals surface area contributed by atoms with E-state index >= 15 is 0 Å². The zero-order valence-electron chi connectivity index (χ0n) is 13.2. The summed E-state index contributed by atoms with van der Waals surface area (Å²) in [4.78, 5) is 12.0. The number of rotatable bonds is 7. The van der Waals surface area contributed by atoms with Crippen LogP contribution in [-0.4, -0.2) is 20.2 Å². The minimum Gasteiger partial charge on any atom is -0.468 e. The second-order valence-corrected chi connectivity index (χ2v) is 5.14. The minimum atomic E-state index is -0.647. The predicted octanol–water partition coefficient (Wildman–Crippen LogP) is 2.98. The number of carbonyl (C=O) groups is 1. The highest BCUT2D eigenvalue weighted by molar-refractivity contribution is 5.77. The molecule has 0 saturated heterocycles. The van der Waals surface area contributed by atoms with Crippen LogP contribution in [0.15, 0.2) is 48.5 Å². The summed E-state index contributed by atoms with van der Waals surface area (Å²) in [7, 11) is 2.98. The Balaban J connectivity index is 2.11. The molecule has 0 aliphatic heterocycles. The Morgan fingerprint density at radius 2 is 1.83 bits per heavy atom. The van der Waals surface area contributed by atoms with Gasteiger partial charge in [0.1, 0.15) is 11.9 Å². The van der Waals surface area contributed by atoms with Crippen molar-refractivity contribution in [2.45, 2.75) is 19.2 Å². The van der Waals surface area contributed by atoms with E-state index in [0.717, 1.165) is 11.1 Å². The van der Waals surface area contributed by atoms with Gasteiger partial charge in [0.05, 0.1) is 13.7 Å². The van der Waals surface area contributed by atoms with Crippen molar-refractivity contribution >= 4 is 5.97 Å². The van der Waals surface area contributed by atoms with Gasteiger partial charge in [-0.15, -0.1) is 0 Å². The second kappa shape index (κ2) is 8.41. The van der Waals surface area contributed by atoms with Gasteiger partial charge in [-0.3, -0.25) is 5.32 Å². The molecule has 0 spiro atoms. The van der Waals surface area contributed by atoms with E-state index in [1.807, 2.05) is 24.3 Å². The summed E-state index contributed by atoms with van der Waals surface area (Å²) < 4.78 is 23.0. The molecule has 4 nitrogen and oxygen atoms in total. The molecule has 1 N–H and O–H groups in total. The molecule has 122 valence electrons. The van der Waals surface area contributed by atoms with Gasteiger partial charge in [-0.2, -0.15) is 0 Å². The summed E-state index contributed by atoms with van der Waals surface area (Å²) in [6.45, 7) is 1.01. The first-order chi connectivity index (χ1) is 11.1. The Kier molecular flexibility index (Phi) is 6.26. The van der Waals surface area contributed by atoms with Crippen molar-refractivity contribution in [2.75, 3.05) is 14.2 Å². The molecule has 1 atom stereocenters. The molecule has 0 heterocycles. The van der Waals surface area contributed by atoms with Crippen LogP contribution in [0.5, 0.6) is 0 Å². The standard InChI is InChI=1S/C18H20FNO3/c1-22-12-14-5-3-4-13(10-14)11-20-17(18(21)23-2)15-6-8-16(19)9-7-15/h3-10,17,20H,11-12H2,1-2H3/t17-/m0/s1. The number of hydrogen-bond donors (Lipinski definition) is 1. The third kappa shape index (κ3) is 4.87. The lowest BCUT2D eigenvalue weighted by molar-refractivity contribution is -0.143. The third-order valence-corrected chi connectivity index (χ3v) is 3.45. The van der Waals surface area contributed by atoms with E-state index in [-0.39, 0.29) is 5.82 Å². The first-order valence-corrected chi connectivity index (χ1v) is 7.27. The van der Waals surface area contributed by atoms with Crippen molar-refractivity contribution in [3.63, 3.8) is 0 Å². The SMILES string of the molecule is COCc1cccc(CN[C@H](C(=O)OC)c2ccc(F)cc2)c1. The van der Waals surface area contributed by atoms with Crippen LogP contribution in [-0.2, 0) is 27.4 Å². The van der Waals surface area contributed by atoms with Crippen molar-refractivity contribution in [1.82, 2.24) is 5.32 Å². The van der Waals surface area contributed by atoms with E-state index < -0.39 is 12.0 Å². The molecule has 0 radical (unpaired) electrons. The van der Waals surface area contributed by atoms with Gasteiger partial charge >= 0.3 is 5.97 Å². The first-order valence-electron chi connectivity index (χ1n) is 7.27. The number of carbonyl (C=O) groups excluding carboxylic acids is 1. The van der Waals surface area contributed by atoms with E-state index in [0.29, 0.717) is 18.7 Å². The van der Waals surface area contributed by atoms with Gasteiger partial charge in [-0.05, 0) is 28.8 Å². The minimum absolute atomic E-state index is 0.343. The Hall–Kier alpha value is -2.24. The molecule has 0 unspecified atom stereocenters. The van der Waals surface area contributed by atoms with Gasteiger partial charge < -0.3 is 9.47 Å². The van der Waals surface area contributed by atoms with Gasteiger partial charge in [0.2, 0.25) is 0 Å². The van der Waals surface area contributed by atoms with E-state index in [2.05, 4.69) is 5.32 Å². The van der Waals surface area contributed by atoms with Crippen molar-refractivity contribution < 1.29 is 18.7 Å². The number of nitrogens with one attached hydrogen (secondary N) is 1. The van der Waals surface area contributed by atoms with Crippen LogP contribution in [0.1, 0.15) is 22.7 Å². The van der Waals surface area contributed by atoms with Crippen molar-refractivity contribution in [3.05, 3.63) is 71.0 Å². The summed E-state index contributed by atoms with van der Waals surface area (Å²) in [5.74, 6) is -0.755. The van der Waals surface area contributed by atoms with Crippen molar-refractivity contribution in [1.29, 1.82) is 0 Å². The van der Waals surface area contributed by atoms with Crippen LogP contribution in [0, 0.1) is 5.82 Å². The molecule has 0 fully saturated rings. The highest BCUT2D eigenvalue weighted by atomic mass is 19.1. The van der Waals surface area contributed by atoms with Crippen LogP contribution in [0.2, 0.25) is 0 Å². The summed E-state index contributed by atoms with van der Waals surface area (Å²) in [5, 5.41) is 3.15. The number of ether oxygens (including phenoxy) is 2. The van der Waals surface area contributed by atoms with Crippen LogP contribution in [0.3, 0.4) is 0 Å². The Morgan fingerprint density at radius 1 is 1.13 bits per heavy atom. The Labute approximate surface area is 135 Å². The van der Waals surface area contributed by atoms with E-state index in [9.17, 15) is 9.18 Å². The van der Waals surface area contributed by atoms with E-state index in [4.69, 9.17) is 9.47 Å². The molecule has 5 heteroatoms. The largest absolute Gasteiger partial charge is 0.468 e. The zero-order chi connectivity index (χ0) is 16.7. The highest BCUT2D eigenvalue weighted by Gasteiger charge is 2.20. The van der Waals surface area contributed by atoms with Crippen LogP contribution in [0.4, 0.5) is 4.39 Å². The maximum Gasteiger partial charge on any atom is 0.327 e. The van der Waals surface area contributed by atoms with Gasteiger partial charge in [0.25, 0.3) is 0 Å². The highest BCUT2D eigenvalue weighted by Crippen LogP contribution is 2.16. The molecule has 0 saturated carbocycles. The summed E-state index contributed by atoms with van der Waals surface area (Å²) in [6, 6.07) is 13.0. The van der Waals surface area contributed by atoms with Gasteiger partial charge in [-0.1, -0.05) is 36.4 Å². The zero-order valence-corrected chi connectivity index (χ0v) is 13.2. The number of halogens is 1. The molecule has 2 aromatic rings. The lowest BCUT2D eigenvalue weighted by Gasteiger charge is -2.17. The molecular weight excluding hydrogens is 297 g/mol. The van der Waals surface area contributed by atoms with Crippen molar-refractivity contribution in [3.8, 4) is 0 Å². The predicted molar refractivity (Wildman–Crippen MR) is 85.2 cm³/mol. The molecule has 0 aliphatic rings. The normalized spacial score (nSPS) is 12.0. The van der Waals surface area contributed by atoms with Crippen LogP contribution in [0.25, 0.3) is 0 Å². The third-order valence-electron chi connectivity index (χ3n) is 3.45. The van der Waals surface area contributed by atoms with Crippen LogP contribution < -0.4 is 5.32 Å². The van der Waals surface area contributed by atoms with E-state index in [1.165, 1.54) is 19.2 Å². The molecule has 2 rings (SSSR count). The van der Waals surface area contributed by atoms with E-state index in [1.54, 1.807) is 19.2 Å². The second-order valence-electron chi connectivity index (χ2n) is 5.14. The van der Waals surface area contributed by atoms with Gasteiger partial charge in [0, 0.05) is 13.7 Å². The molecule has 0 aliphatic carbocycles. The number of benzene rings is 2. The quantitative estimate of drug-likeness (QED) is 0.798. The molecule has 0 bridgehead atoms. The summed E-state index contributed by atoms with van der Waals surface area (Å²) >= 11 is 0. The maximum atomic E-state index is 13.1. The number of esters is 1. The Bertz CT molecular complexity index is 643.